The molecule has 0 radical (unpaired) electrons. The van der Waals surface area contributed by atoms with Crippen LogP contribution in [0.1, 0.15) is 28.4 Å². The van der Waals surface area contributed by atoms with Crippen LogP contribution in [0.4, 0.5) is 11.4 Å². The number of amides is 1. The van der Waals surface area contributed by atoms with E-state index in [9.17, 15) is 18.0 Å². The van der Waals surface area contributed by atoms with Gasteiger partial charge < -0.3 is 19.5 Å². The van der Waals surface area contributed by atoms with E-state index in [4.69, 9.17) is 14.2 Å². The number of hydrogen-bond acceptors (Lipinski definition) is 7. The summed E-state index contributed by atoms with van der Waals surface area (Å²) in [5.74, 6) is -0.495. The van der Waals surface area contributed by atoms with E-state index in [1.165, 1.54) is 38.5 Å². The van der Waals surface area contributed by atoms with E-state index in [-0.39, 0.29) is 22.8 Å². The van der Waals surface area contributed by atoms with Crippen LogP contribution in [-0.4, -0.2) is 47.7 Å². The molecule has 9 nitrogen and oxygen atoms in total. The molecule has 10 heteroatoms. The molecule has 3 aromatic rings. The molecule has 0 aliphatic heterocycles. The average molecular weight is 527 g/mol. The zero-order valence-corrected chi connectivity index (χ0v) is 22.2. The molecule has 0 saturated heterocycles. The number of sulfonamides is 1. The fourth-order valence-corrected chi connectivity index (χ4v) is 4.99. The molecule has 0 saturated carbocycles. The first-order valence-corrected chi connectivity index (χ1v) is 12.9. The maximum Gasteiger partial charge on any atom is 0.338 e. The van der Waals surface area contributed by atoms with Crippen LogP contribution < -0.4 is 19.1 Å². The lowest BCUT2D eigenvalue weighted by Gasteiger charge is -2.25. The van der Waals surface area contributed by atoms with Crippen LogP contribution in [0.3, 0.4) is 0 Å². The third-order valence-corrected chi connectivity index (χ3v) is 7.34. The van der Waals surface area contributed by atoms with Gasteiger partial charge >= 0.3 is 5.97 Å². The first-order chi connectivity index (χ1) is 17.6. The minimum absolute atomic E-state index is 0.0704. The van der Waals surface area contributed by atoms with E-state index >= 15 is 0 Å². The zero-order chi connectivity index (χ0) is 27.2. The number of hydrogen-bond donors (Lipinski definition) is 1. The largest absolute Gasteiger partial charge is 0.493 e. The zero-order valence-electron chi connectivity index (χ0n) is 21.4. The van der Waals surface area contributed by atoms with E-state index in [0.717, 1.165) is 9.87 Å². The number of benzene rings is 3. The summed E-state index contributed by atoms with van der Waals surface area (Å²) in [6.07, 6.45) is 0. The molecule has 1 amide bonds. The number of ether oxygens (including phenoxy) is 3. The lowest BCUT2D eigenvalue weighted by Crippen LogP contribution is -2.38. The maximum atomic E-state index is 13.7. The molecule has 0 atom stereocenters. The number of methoxy groups -OCH3 is 2. The Balaban J connectivity index is 1.97. The van der Waals surface area contributed by atoms with Gasteiger partial charge in [0.1, 0.15) is 6.54 Å². The third kappa shape index (κ3) is 6.39. The van der Waals surface area contributed by atoms with Crippen LogP contribution in [0.2, 0.25) is 0 Å². The highest BCUT2D eigenvalue weighted by molar-refractivity contribution is 7.92. The molecule has 0 aliphatic rings. The molecule has 3 rings (SSSR count). The van der Waals surface area contributed by atoms with Gasteiger partial charge in [0.2, 0.25) is 5.91 Å². The van der Waals surface area contributed by atoms with Gasteiger partial charge in [-0.2, -0.15) is 0 Å². The molecule has 37 heavy (non-hydrogen) atoms. The number of carbonyl (C=O) groups excluding carboxylic acids is 2. The third-order valence-electron chi connectivity index (χ3n) is 5.57. The summed E-state index contributed by atoms with van der Waals surface area (Å²) in [6, 6.07) is 15.8. The minimum atomic E-state index is -4.19. The Hall–Kier alpha value is -4.05. The first-order valence-electron chi connectivity index (χ1n) is 11.5. The Kier molecular flexibility index (Phi) is 8.77. The highest BCUT2D eigenvalue weighted by Crippen LogP contribution is 2.32. The fourth-order valence-electron chi connectivity index (χ4n) is 3.55. The molecule has 3 aromatic carbocycles. The summed E-state index contributed by atoms with van der Waals surface area (Å²) < 4.78 is 44.0. The van der Waals surface area contributed by atoms with Crippen molar-refractivity contribution in [2.45, 2.75) is 25.7 Å². The highest BCUT2D eigenvalue weighted by Gasteiger charge is 2.28. The quantitative estimate of drug-likeness (QED) is 0.392. The van der Waals surface area contributed by atoms with E-state index in [2.05, 4.69) is 5.32 Å². The van der Waals surface area contributed by atoms with Gasteiger partial charge in [-0.3, -0.25) is 9.10 Å². The van der Waals surface area contributed by atoms with Crippen molar-refractivity contribution in [3.63, 3.8) is 0 Å². The number of rotatable bonds is 10. The second kappa shape index (κ2) is 11.8. The van der Waals surface area contributed by atoms with Gasteiger partial charge in [0.05, 0.1) is 37.0 Å². The smallest absolute Gasteiger partial charge is 0.338 e. The monoisotopic (exact) mass is 526 g/mol. The van der Waals surface area contributed by atoms with Crippen molar-refractivity contribution in [3.05, 3.63) is 77.4 Å². The minimum Gasteiger partial charge on any atom is -0.493 e. The first kappa shape index (κ1) is 27.5. The number of carbonyl (C=O) groups is 2. The standard InChI is InChI=1S/C27H30N2O7S/c1-6-36-27(31)20-10-9-19(3)23(15-20)28-26(30)17-29(21-11-7-18(2)8-12-21)37(32,33)22-13-14-24(34-4)25(16-22)35-5/h7-16H,6,17H2,1-5H3,(H,28,30). The Labute approximate surface area is 217 Å². The molecule has 0 aromatic heterocycles. The van der Waals surface area contributed by atoms with Gasteiger partial charge in [-0.25, -0.2) is 13.2 Å². The Bertz CT molecular complexity index is 1390. The predicted octanol–water partition coefficient (Wildman–Crippen LogP) is 4.33. The van der Waals surface area contributed by atoms with E-state index < -0.39 is 28.4 Å². The topological polar surface area (TPSA) is 111 Å². The summed E-state index contributed by atoms with van der Waals surface area (Å²) in [5, 5.41) is 2.73. The molecule has 1 N–H and O–H groups in total. The molecule has 0 heterocycles. The number of esters is 1. The molecule has 196 valence electrons. The van der Waals surface area contributed by atoms with Gasteiger partial charge in [-0.15, -0.1) is 0 Å². The van der Waals surface area contributed by atoms with Crippen molar-refractivity contribution in [2.75, 3.05) is 37.0 Å². The van der Waals surface area contributed by atoms with Crippen molar-refractivity contribution in [1.29, 1.82) is 0 Å². The van der Waals surface area contributed by atoms with Gasteiger partial charge in [-0.1, -0.05) is 23.8 Å². The maximum absolute atomic E-state index is 13.7. The highest BCUT2D eigenvalue weighted by atomic mass is 32.2. The Morgan fingerprint density at radius 3 is 2.19 bits per heavy atom. The number of anilines is 2. The van der Waals surface area contributed by atoms with Gasteiger partial charge in [0, 0.05) is 11.8 Å². The summed E-state index contributed by atoms with van der Waals surface area (Å²) in [7, 11) is -1.33. The van der Waals surface area contributed by atoms with Crippen LogP contribution >= 0.6 is 0 Å². The average Bonchev–Trinajstić information content (AvgIpc) is 2.88. The molecule has 0 fully saturated rings. The summed E-state index contributed by atoms with van der Waals surface area (Å²) in [4.78, 5) is 25.2. The van der Waals surface area contributed by atoms with Crippen LogP contribution in [-0.2, 0) is 19.6 Å². The lowest BCUT2D eigenvalue weighted by molar-refractivity contribution is -0.114. The molecular formula is C27H30N2O7S. The SMILES string of the molecule is CCOC(=O)c1ccc(C)c(NC(=O)CN(c2ccc(C)cc2)S(=O)(=O)c2ccc(OC)c(OC)c2)c1. The molecule has 0 unspecified atom stereocenters. The van der Waals surface area contributed by atoms with E-state index in [1.54, 1.807) is 50.2 Å². The number of nitrogens with zero attached hydrogens (tertiary/aromatic N) is 1. The Morgan fingerprint density at radius 2 is 1.57 bits per heavy atom. The summed E-state index contributed by atoms with van der Waals surface area (Å²) >= 11 is 0. The molecular weight excluding hydrogens is 496 g/mol. The van der Waals surface area contributed by atoms with Gasteiger partial charge in [0.25, 0.3) is 10.0 Å². The van der Waals surface area contributed by atoms with Crippen LogP contribution in [0.15, 0.2) is 65.6 Å². The van der Waals surface area contributed by atoms with Gasteiger partial charge in [0.15, 0.2) is 11.5 Å². The fraction of sp³-hybridized carbons (Fsp3) is 0.259. The lowest BCUT2D eigenvalue weighted by atomic mass is 10.1. The number of nitrogens with one attached hydrogen (secondary N) is 1. The van der Waals surface area contributed by atoms with E-state index in [1.807, 2.05) is 6.92 Å². The second-order valence-corrected chi connectivity index (χ2v) is 10.0. The molecule has 0 bridgehead atoms. The van der Waals surface area contributed by atoms with Crippen molar-refractivity contribution in [2.24, 2.45) is 0 Å². The number of aryl methyl sites for hydroxylation is 2. The van der Waals surface area contributed by atoms with Crippen molar-refractivity contribution >= 4 is 33.3 Å². The van der Waals surface area contributed by atoms with Crippen molar-refractivity contribution < 1.29 is 32.2 Å². The van der Waals surface area contributed by atoms with Crippen LogP contribution in [0.5, 0.6) is 11.5 Å². The second-order valence-electron chi connectivity index (χ2n) is 8.16. The predicted molar refractivity (Wildman–Crippen MR) is 141 cm³/mol. The van der Waals surface area contributed by atoms with Crippen LogP contribution in [0.25, 0.3) is 0 Å². The molecule has 0 spiro atoms. The Morgan fingerprint density at radius 1 is 0.892 bits per heavy atom. The normalized spacial score (nSPS) is 10.9. The van der Waals surface area contributed by atoms with Crippen molar-refractivity contribution in [1.82, 2.24) is 0 Å². The molecule has 0 aliphatic carbocycles. The van der Waals surface area contributed by atoms with Gasteiger partial charge in [-0.05, 0) is 62.7 Å². The summed E-state index contributed by atoms with van der Waals surface area (Å²) in [5.41, 5.74) is 2.60. The van der Waals surface area contributed by atoms with Crippen molar-refractivity contribution in [3.8, 4) is 11.5 Å². The van der Waals surface area contributed by atoms with Crippen LogP contribution in [0, 0.1) is 13.8 Å². The van der Waals surface area contributed by atoms with E-state index in [0.29, 0.717) is 22.7 Å². The summed E-state index contributed by atoms with van der Waals surface area (Å²) in [6.45, 7) is 5.05.